The van der Waals surface area contributed by atoms with Crippen molar-refractivity contribution >= 4 is 5.97 Å². The molecule has 1 saturated carbocycles. The fourth-order valence-corrected chi connectivity index (χ4v) is 7.55. The third kappa shape index (κ3) is 5.98. The van der Waals surface area contributed by atoms with Gasteiger partial charge in [-0.15, -0.1) is 0 Å². The van der Waals surface area contributed by atoms with Crippen molar-refractivity contribution in [3.63, 3.8) is 0 Å². The first-order chi connectivity index (χ1) is 21.5. The van der Waals surface area contributed by atoms with Crippen molar-refractivity contribution in [2.45, 2.75) is 89.5 Å². The highest BCUT2D eigenvalue weighted by Crippen LogP contribution is 2.48. The molecule has 0 amide bonds. The average molecular weight is 600 g/mol. The standard InChI is InChI=1S/C36H45N3O5/c1-23(36(40)41)34(25-9-10-25)27-11-8-24-13-15-30(44-31(24)20-27)26-12-14-29(28(19-26)21-38-16-4-5-17-38)35-32(42-2)22-39(37-35)33-7-3-6-18-43-33/h8,11-12,14,19-20,22-23,25,30,33-34H,3-7,9-10,13,15-18,21H2,1-2H3,(H,40,41)/t23-,30-,33?,34-/m0/s1. The summed E-state index contributed by atoms with van der Waals surface area (Å²) in [5.74, 6) is 1.01. The van der Waals surface area contributed by atoms with Gasteiger partial charge in [0.05, 0.1) is 19.2 Å². The summed E-state index contributed by atoms with van der Waals surface area (Å²) in [7, 11) is 1.72. The van der Waals surface area contributed by atoms with Crippen LogP contribution in [0.4, 0.5) is 0 Å². The zero-order valence-corrected chi connectivity index (χ0v) is 26.0. The molecule has 44 heavy (non-hydrogen) atoms. The van der Waals surface area contributed by atoms with Crippen LogP contribution in [0.2, 0.25) is 0 Å². The predicted octanol–water partition coefficient (Wildman–Crippen LogP) is 7.13. The molecular formula is C36H45N3O5. The molecule has 8 heteroatoms. The van der Waals surface area contributed by atoms with Crippen molar-refractivity contribution in [1.82, 2.24) is 14.7 Å². The summed E-state index contributed by atoms with van der Waals surface area (Å²) in [6.07, 6.45) is 11.6. The first-order valence-corrected chi connectivity index (χ1v) is 16.6. The fourth-order valence-electron chi connectivity index (χ4n) is 7.55. The molecule has 0 radical (unpaired) electrons. The van der Waals surface area contributed by atoms with Crippen LogP contribution in [0.1, 0.15) is 98.8 Å². The van der Waals surface area contributed by atoms with Crippen LogP contribution < -0.4 is 9.47 Å². The summed E-state index contributed by atoms with van der Waals surface area (Å²) < 4.78 is 20.6. The Morgan fingerprint density at radius 1 is 1.07 bits per heavy atom. The van der Waals surface area contributed by atoms with Gasteiger partial charge in [0.15, 0.2) is 5.75 Å². The van der Waals surface area contributed by atoms with E-state index in [0.717, 1.165) is 99.5 Å². The van der Waals surface area contributed by atoms with E-state index in [-0.39, 0.29) is 18.2 Å². The second-order valence-electron chi connectivity index (χ2n) is 13.2. The maximum absolute atomic E-state index is 11.9. The molecule has 3 aliphatic heterocycles. The third-order valence-electron chi connectivity index (χ3n) is 10.2. The molecule has 2 saturated heterocycles. The molecule has 0 spiro atoms. The SMILES string of the molecule is COc1cn(C2CCCCO2)nc1-c1ccc([C@@H]2CCc3ccc([C@H](C4CC4)[C@H](C)C(=O)O)cc3O2)cc1CN1CCCC1. The molecule has 7 rings (SSSR count). The smallest absolute Gasteiger partial charge is 0.306 e. The second-order valence-corrected chi connectivity index (χ2v) is 13.2. The van der Waals surface area contributed by atoms with E-state index in [9.17, 15) is 9.90 Å². The van der Waals surface area contributed by atoms with Gasteiger partial charge in [0.2, 0.25) is 0 Å². The lowest BCUT2D eigenvalue weighted by molar-refractivity contribution is -0.142. The zero-order chi connectivity index (χ0) is 30.2. The molecular weight excluding hydrogens is 554 g/mol. The molecule has 4 heterocycles. The lowest BCUT2D eigenvalue weighted by Crippen LogP contribution is -2.22. The van der Waals surface area contributed by atoms with E-state index in [2.05, 4.69) is 41.3 Å². The van der Waals surface area contributed by atoms with E-state index in [4.69, 9.17) is 19.3 Å². The number of carboxylic acid groups (broad SMARTS) is 1. The number of benzene rings is 2. The first kappa shape index (κ1) is 29.4. The van der Waals surface area contributed by atoms with Crippen LogP contribution in [0, 0.1) is 11.8 Å². The largest absolute Gasteiger partial charge is 0.493 e. The van der Waals surface area contributed by atoms with Crippen LogP contribution in [-0.2, 0) is 22.5 Å². The van der Waals surface area contributed by atoms with Crippen LogP contribution >= 0.6 is 0 Å². The monoisotopic (exact) mass is 599 g/mol. The highest BCUT2D eigenvalue weighted by atomic mass is 16.5. The Morgan fingerprint density at radius 2 is 1.91 bits per heavy atom. The van der Waals surface area contributed by atoms with Crippen LogP contribution in [0.25, 0.3) is 11.3 Å². The van der Waals surface area contributed by atoms with Crippen molar-refractivity contribution < 1.29 is 24.1 Å². The Hall–Kier alpha value is -3.36. The number of fused-ring (bicyclic) bond motifs is 1. The number of carboxylic acids is 1. The molecule has 4 atom stereocenters. The Kier molecular flexibility index (Phi) is 8.38. The Morgan fingerprint density at radius 3 is 2.64 bits per heavy atom. The summed E-state index contributed by atoms with van der Waals surface area (Å²) in [5, 5.41) is 14.8. The van der Waals surface area contributed by atoms with E-state index < -0.39 is 11.9 Å². The van der Waals surface area contributed by atoms with Gasteiger partial charge in [0.25, 0.3) is 0 Å². The van der Waals surface area contributed by atoms with Gasteiger partial charge in [0.1, 0.15) is 23.8 Å². The quantitative estimate of drug-likeness (QED) is 0.265. The van der Waals surface area contributed by atoms with E-state index in [1.54, 1.807) is 7.11 Å². The molecule has 1 unspecified atom stereocenters. The van der Waals surface area contributed by atoms with Crippen molar-refractivity contribution in [3.8, 4) is 22.8 Å². The lowest BCUT2D eigenvalue weighted by Gasteiger charge is -2.29. The van der Waals surface area contributed by atoms with Gasteiger partial charge in [0, 0.05) is 18.7 Å². The molecule has 1 N–H and O–H groups in total. The van der Waals surface area contributed by atoms with Gasteiger partial charge >= 0.3 is 5.97 Å². The third-order valence-corrected chi connectivity index (χ3v) is 10.2. The number of rotatable bonds is 10. The predicted molar refractivity (Wildman–Crippen MR) is 168 cm³/mol. The van der Waals surface area contributed by atoms with E-state index in [0.29, 0.717) is 5.92 Å². The fraction of sp³-hybridized carbons (Fsp3) is 0.556. The summed E-state index contributed by atoms with van der Waals surface area (Å²) >= 11 is 0. The van der Waals surface area contributed by atoms with Gasteiger partial charge in [-0.3, -0.25) is 9.69 Å². The minimum atomic E-state index is -0.725. The van der Waals surface area contributed by atoms with Crippen molar-refractivity contribution in [3.05, 3.63) is 64.8 Å². The molecule has 0 bridgehead atoms. The number of aryl methyl sites for hydroxylation is 1. The number of aromatic nitrogens is 2. The van der Waals surface area contributed by atoms with Crippen LogP contribution in [0.3, 0.4) is 0 Å². The summed E-state index contributed by atoms with van der Waals surface area (Å²) in [4.78, 5) is 14.5. The minimum Gasteiger partial charge on any atom is -0.493 e. The molecule has 3 fully saturated rings. The van der Waals surface area contributed by atoms with E-state index >= 15 is 0 Å². The Bertz CT molecular complexity index is 1480. The number of ether oxygens (including phenoxy) is 3. The minimum absolute atomic E-state index is 0.0296. The van der Waals surface area contributed by atoms with Gasteiger partial charge in [-0.2, -0.15) is 5.10 Å². The van der Waals surface area contributed by atoms with E-state index in [1.165, 1.54) is 29.5 Å². The van der Waals surface area contributed by atoms with E-state index in [1.807, 2.05) is 17.8 Å². The highest BCUT2D eigenvalue weighted by molar-refractivity contribution is 5.71. The Labute approximate surface area is 260 Å². The number of methoxy groups -OCH3 is 1. The average Bonchev–Trinajstić information content (AvgIpc) is 3.56. The number of hydrogen-bond donors (Lipinski definition) is 1. The topological polar surface area (TPSA) is 86.0 Å². The van der Waals surface area contributed by atoms with Crippen molar-refractivity contribution in [2.75, 3.05) is 26.8 Å². The molecule has 4 aliphatic rings. The Balaban J connectivity index is 1.19. The van der Waals surface area contributed by atoms with Crippen LogP contribution in [0.15, 0.2) is 42.6 Å². The lowest BCUT2D eigenvalue weighted by atomic mass is 9.82. The molecule has 1 aromatic heterocycles. The maximum Gasteiger partial charge on any atom is 0.306 e. The van der Waals surface area contributed by atoms with Crippen LogP contribution in [-0.4, -0.2) is 52.6 Å². The number of hydrogen-bond acceptors (Lipinski definition) is 6. The number of nitrogens with zero attached hydrogens (tertiary/aromatic N) is 3. The van der Waals surface area contributed by atoms with Gasteiger partial charge < -0.3 is 19.3 Å². The van der Waals surface area contributed by atoms with Gasteiger partial charge in [-0.25, -0.2) is 4.68 Å². The summed E-state index contributed by atoms with van der Waals surface area (Å²) in [6.45, 7) is 5.69. The zero-order valence-electron chi connectivity index (χ0n) is 26.0. The number of aliphatic carboxylic acids is 1. The van der Waals surface area contributed by atoms with Crippen molar-refractivity contribution in [1.29, 1.82) is 0 Å². The molecule has 1 aliphatic carbocycles. The molecule has 3 aromatic rings. The van der Waals surface area contributed by atoms with Gasteiger partial charge in [-0.1, -0.05) is 37.3 Å². The summed E-state index contributed by atoms with van der Waals surface area (Å²) in [5.41, 5.74) is 6.67. The van der Waals surface area contributed by atoms with Crippen LogP contribution in [0.5, 0.6) is 11.5 Å². The highest BCUT2D eigenvalue weighted by Gasteiger charge is 2.39. The second kappa shape index (κ2) is 12.6. The van der Waals surface area contributed by atoms with Gasteiger partial charge in [-0.05, 0) is 111 Å². The first-order valence-electron chi connectivity index (χ1n) is 16.6. The molecule has 2 aromatic carbocycles. The number of likely N-dealkylation sites (tertiary alicyclic amines) is 1. The summed E-state index contributed by atoms with van der Waals surface area (Å²) in [6, 6.07) is 13.1. The number of carbonyl (C=O) groups is 1. The van der Waals surface area contributed by atoms with Crippen molar-refractivity contribution in [2.24, 2.45) is 11.8 Å². The maximum atomic E-state index is 11.9. The molecule has 8 nitrogen and oxygen atoms in total. The molecule has 234 valence electrons. The normalized spacial score (nSPS) is 23.5.